The SMILES string of the molecule is COc1ccc2c(c1OCCCCCCBr)[C@@H](C)N1CCc3cc4c(cc3C1=C2)OCO4. The molecule has 5 nitrogen and oxygen atoms in total. The fourth-order valence-corrected chi connectivity index (χ4v) is 5.39. The fraction of sp³-hybridized carbons (Fsp3) is 0.462. The average Bonchev–Trinajstić information content (AvgIpc) is 3.27. The second kappa shape index (κ2) is 9.26. The van der Waals surface area contributed by atoms with E-state index < -0.39 is 0 Å². The van der Waals surface area contributed by atoms with E-state index in [4.69, 9.17) is 18.9 Å². The van der Waals surface area contributed by atoms with Gasteiger partial charge in [0, 0.05) is 28.7 Å². The molecular formula is C26H30BrNO4. The predicted octanol–water partition coefficient (Wildman–Crippen LogP) is 6.19. The van der Waals surface area contributed by atoms with Crippen molar-refractivity contribution >= 4 is 27.7 Å². The van der Waals surface area contributed by atoms with Crippen molar-refractivity contribution in [2.24, 2.45) is 0 Å². The van der Waals surface area contributed by atoms with E-state index in [0.717, 1.165) is 47.7 Å². The number of rotatable bonds is 8. The van der Waals surface area contributed by atoms with Crippen molar-refractivity contribution in [3.8, 4) is 23.0 Å². The second-order valence-electron chi connectivity index (χ2n) is 8.56. The van der Waals surface area contributed by atoms with Crippen LogP contribution >= 0.6 is 15.9 Å². The molecule has 0 radical (unpaired) electrons. The van der Waals surface area contributed by atoms with Gasteiger partial charge in [0.15, 0.2) is 23.0 Å². The van der Waals surface area contributed by atoms with Gasteiger partial charge in [-0.2, -0.15) is 0 Å². The molecule has 1 atom stereocenters. The predicted molar refractivity (Wildman–Crippen MR) is 130 cm³/mol. The second-order valence-corrected chi connectivity index (χ2v) is 9.36. The number of ether oxygens (including phenoxy) is 4. The molecule has 2 aromatic rings. The first kappa shape index (κ1) is 21.5. The Labute approximate surface area is 198 Å². The summed E-state index contributed by atoms with van der Waals surface area (Å²) in [6, 6.07) is 8.66. The maximum Gasteiger partial charge on any atom is 0.231 e. The number of hydrogen-bond donors (Lipinski definition) is 0. The molecule has 3 heterocycles. The molecule has 0 saturated heterocycles. The Bertz CT molecular complexity index is 1030. The molecule has 0 N–H and O–H groups in total. The molecule has 0 saturated carbocycles. The van der Waals surface area contributed by atoms with Crippen LogP contribution in [0.25, 0.3) is 11.8 Å². The van der Waals surface area contributed by atoms with Gasteiger partial charge in [0.05, 0.1) is 19.8 Å². The van der Waals surface area contributed by atoms with Crippen LogP contribution in [-0.4, -0.2) is 37.3 Å². The summed E-state index contributed by atoms with van der Waals surface area (Å²) >= 11 is 3.50. The molecule has 0 fully saturated rings. The molecule has 170 valence electrons. The highest BCUT2D eigenvalue weighted by Gasteiger charge is 2.34. The molecule has 3 aliphatic rings. The van der Waals surface area contributed by atoms with Crippen LogP contribution in [0.4, 0.5) is 0 Å². The number of methoxy groups -OCH3 is 1. The molecule has 0 bridgehead atoms. The van der Waals surface area contributed by atoms with Crippen LogP contribution in [0.5, 0.6) is 23.0 Å². The molecule has 0 spiro atoms. The summed E-state index contributed by atoms with van der Waals surface area (Å²) in [6.45, 7) is 4.25. The van der Waals surface area contributed by atoms with E-state index in [1.165, 1.54) is 47.2 Å². The summed E-state index contributed by atoms with van der Waals surface area (Å²) < 4.78 is 23.3. The third-order valence-electron chi connectivity index (χ3n) is 6.67. The zero-order valence-corrected chi connectivity index (χ0v) is 20.4. The zero-order chi connectivity index (χ0) is 22.1. The Morgan fingerprint density at radius 3 is 2.72 bits per heavy atom. The van der Waals surface area contributed by atoms with Crippen molar-refractivity contribution < 1.29 is 18.9 Å². The number of fused-ring (bicyclic) bond motifs is 5. The lowest BCUT2D eigenvalue weighted by Gasteiger charge is -2.42. The summed E-state index contributed by atoms with van der Waals surface area (Å²) in [5.74, 6) is 3.40. The zero-order valence-electron chi connectivity index (χ0n) is 18.8. The normalized spacial score (nSPS) is 17.9. The Morgan fingerprint density at radius 2 is 1.91 bits per heavy atom. The largest absolute Gasteiger partial charge is 0.493 e. The Balaban J connectivity index is 1.47. The molecular weight excluding hydrogens is 470 g/mol. The number of alkyl halides is 1. The highest BCUT2D eigenvalue weighted by Crippen LogP contribution is 2.49. The van der Waals surface area contributed by atoms with Gasteiger partial charge in [-0.25, -0.2) is 0 Å². The molecule has 2 aromatic carbocycles. The van der Waals surface area contributed by atoms with Gasteiger partial charge in [0.25, 0.3) is 0 Å². The number of hydrogen-bond acceptors (Lipinski definition) is 5. The molecule has 32 heavy (non-hydrogen) atoms. The van der Waals surface area contributed by atoms with Crippen molar-refractivity contribution in [2.45, 2.75) is 45.1 Å². The van der Waals surface area contributed by atoms with Gasteiger partial charge in [0.2, 0.25) is 6.79 Å². The van der Waals surface area contributed by atoms with E-state index in [9.17, 15) is 0 Å². The molecule has 0 aromatic heterocycles. The van der Waals surface area contributed by atoms with Gasteiger partial charge in [-0.1, -0.05) is 34.8 Å². The van der Waals surface area contributed by atoms with Gasteiger partial charge in [-0.3, -0.25) is 0 Å². The first-order valence-corrected chi connectivity index (χ1v) is 12.6. The van der Waals surface area contributed by atoms with Crippen LogP contribution in [0.1, 0.15) is 60.9 Å². The van der Waals surface area contributed by atoms with Crippen LogP contribution < -0.4 is 18.9 Å². The minimum atomic E-state index is 0.196. The first-order valence-electron chi connectivity index (χ1n) is 11.5. The summed E-state index contributed by atoms with van der Waals surface area (Å²) in [7, 11) is 1.72. The molecule has 0 unspecified atom stereocenters. The lowest BCUT2D eigenvalue weighted by molar-refractivity contribution is 0.174. The highest BCUT2D eigenvalue weighted by molar-refractivity contribution is 9.09. The van der Waals surface area contributed by atoms with Gasteiger partial charge < -0.3 is 23.8 Å². The van der Waals surface area contributed by atoms with E-state index in [-0.39, 0.29) is 6.04 Å². The molecule has 0 amide bonds. The number of nitrogens with zero attached hydrogens (tertiary/aromatic N) is 1. The van der Waals surface area contributed by atoms with Crippen molar-refractivity contribution in [3.05, 3.63) is 46.5 Å². The Hall–Kier alpha value is -2.34. The van der Waals surface area contributed by atoms with E-state index in [2.05, 4.69) is 52.0 Å². The van der Waals surface area contributed by atoms with Gasteiger partial charge in [-0.15, -0.1) is 0 Å². The molecule has 0 aliphatic carbocycles. The van der Waals surface area contributed by atoms with E-state index in [1.807, 2.05) is 6.07 Å². The van der Waals surface area contributed by atoms with Crippen LogP contribution in [0.15, 0.2) is 24.3 Å². The first-order chi connectivity index (χ1) is 15.7. The van der Waals surface area contributed by atoms with Crippen molar-refractivity contribution in [2.75, 3.05) is 32.4 Å². The number of benzene rings is 2. The van der Waals surface area contributed by atoms with E-state index >= 15 is 0 Å². The summed E-state index contributed by atoms with van der Waals surface area (Å²) in [5, 5.41) is 1.07. The van der Waals surface area contributed by atoms with Gasteiger partial charge in [-0.05, 0) is 61.6 Å². The fourth-order valence-electron chi connectivity index (χ4n) is 5.00. The molecule has 6 heteroatoms. The third-order valence-corrected chi connectivity index (χ3v) is 7.23. The van der Waals surface area contributed by atoms with Crippen LogP contribution in [0, 0.1) is 0 Å². The summed E-state index contributed by atoms with van der Waals surface area (Å²) in [5.41, 5.74) is 6.22. The molecule has 3 aliphatic heterocycles. The monoisotopic (exact) mass is 499 g/mol. The van der Waals surface area contributed by atoms with E-state index in [0.29, 0.717) is 13.4 Å². The lowest BCUT2D eigenvalue weighted by Crippen LogP contribution is -2.34. The van der Waals surface area contributed by atoms with Crippen LogP contribution in [-0.2, 0) is 6.42 Å². The maximum absolute atomic E-state index is 6.36. The highest BCUT2D eigenvalue weighted by atomic mass is 79.9. The Kier molecular flexibility index (Phi) is 6.22. The van der Waals surface area contributed by atoms with Crippen molar-refractivity contribution in [1.82, 2.24) is 4.90 Å². The topological polar surface area (TPSA) is 40.2 Å². The summed E-state index contributed by atoms with van der Waals surface area (Å²) in [6.07, 6.45) is 7.95. The minimum absolute atomic E-state index is 0.196. The number of halogens is 1. The summed E-state index contributed by atoms with van der Waals surface area (Å²) in [4.78, 5) is 2.48. The average molecular weight is 500 g/mol. The maximum atomic E-state index is 6.36. The van der Waals surface area contributed by atoms with Crippen molar-refractivity contribution in [3.63, 3.8) is 0 Å². The van der Waals surface area contributed by atoms with Crippen molar-refractivity contribution in [1.29, 1.82) is 0 Å². The smallest absolute Gasteiger partial charge is 0.231 e. The molecule has 5 rings (SSSR count). The van der Waals surface area contributed by atoms with Gasteiger partial charge >= 0.3 is 0 Å². The standard InChI is InChI=1S/C26H30BrNO4/c1-17-25-19(7-8-22(29-2)26(25)30-12-6-4-3-5-10-27)13-21-20-15-24-23(31-16-32-24)14-18(20)9-11-28(17)21/h7-8,13-15,17H,3-6,9-12,16H2,1-2H3/t17-/m1/s1. The Morgan fingerprint density at radius 1 is 1.09 bits per heavy atom. The van der Waals surface area contributed by atoms with Crippen LogP contribution in [0.2, 0.25) is 0 Å². The quantitative estimate of drug-likeness (QED) is 0.320. The third kappa shape index (κ3) is 3.83. The van der Waals surface area contributed by atoms with E-state index in [1.54, 1.807) is 7.11 Å². The van der Waals surface area contributed by atoms with Gasteiger partial charge in [0.1, 0.15) is 0 Å². The number of unbranched alkanes of at least 4 members (excludes halogenated alkanes) is 3. The lowest BCUT2D eigenvalue weighted by atomic mass is 9.86. The van der Waals surface area contributed by atoms with Crippen LogP contribution in [0.3, 0.4) is 0 Å². The minimum Gasteiger partial charge on any atom is -0.493 e.